The van der Waals surface area contributed by atoms with E-state index < -0.39 is 0 Å². The fourth-order valence-corrected chi connectivity index (χ4v) is 1.69. The normalized spacial score (nSPS) is 23.7. The lowest BCUT2D eigenvalue weighted by Gasteiger charge is -2.17. The van der Waals surface area contributed by atoms with Gasteiger partial charge in [0, 0.05) is 13.1 Å². The summed E-state index contributed by atoms with van der Waals surface area (Å²) in [5.74, 6) is 1.46. The molecule has 3 heteroatoms. The van der Waals surface area contributed by atoms with E-state index in [1.807, 2.05) is 4.90 Å². The maximum atomic E-state index is 11.2. The molecule has 0 unspecified atom stereocenters. The molecule has 0 saturated carbocycles. The number of carbonyl (C=O) groups is 1. The summed E-state index contributed by atoms with van der Waals surface area (Å²) in [4.78, 5) is 13.1. The van der Waals surface area contributed by atoms with Gasteiger partial charge >= 0.3 is 0 Å². The van der Waals surface area contributed by atoms with Crippen LogP contribution in [0.25, 0.3) is 0 Å². The summed E-state index contributed by atoms with van der Waals surface area (Å²) in [5, 5.41) is 0. The summed E-state index contributed by atoms with van der Waals surface area (Å²) in [6.07, 6.45) is 1.14. The van der Waals surface area contributed by atoms with E-state index in [1.54, 1.807) is 0 Å². The molecule has 1 rings (SSSR count). The molecule has 0 spiro atoms. The molecule has 1 heterocycles. The Balaban J connectivity index is 2.40. The van der Waals surface area contributed by atoms with Crippen molar-refractivity contribution >= 4 is 5.91 Å². The van der Waals surface area contributed by atoms with Gasteiger partial charge < -0.3 is 10.6 Å². The first-order chi connectivity index (χ1) is 5.65. The molecule has 1 amide bonds. The van der Waals surface area contributed by atoms with Crippen LogP contribution in [0.4, 0.5) is 0 Å². The van der Waals surface area contributed by atoms with Crippen LogP contribution in [0.2, 0.25) is 0 Å². The number of rotatable bonds is 2. The molecule has 3 nitrogen and oxygen atoms in total. The van der Waals surface area contributed by atoms with E-state index in [2.05, 4.69) is 13.8 Å². The van der Waals surface area contributed by atoms with Crippen molar-refractivity contribution in [3.63, 3.8) is 0 Å². The first-order valence-electron chi connectivity index (χ1n) is 4.63. The van der Waals surface area contributed by atoms with Crippen LogP contribution in [-0.2, 0) is 4.79 Å². The molecule has 0 aromatic rings. The monoisotopic (exact) mass is 170 g/mol. The number of nitrogens with two attached hydrogens (primary N) is 1. The predicted molar refractivity (Wildman–Crippen MR) is 48.6 cm³/mol. The minimum Gasteiger partial charge on any atom is -0.341 e. The Hall–Kier alpha value is -0.570. The van der Waals surface area contributed by atoms with Crippen LogP contribution in [0.3, 0.4) is 0 Å². The van der Waals surface area contributed by atoms with Gasteiger partial charge in [-0.2, -0.15) is 0 Å². The fraction of sp³-hybridized carbons (Fsp3) is 0.889. The molecular formula is C9H18N2O. The molecule has 1 aliphatic heterocycles. The molecule has 0 aromatic carbocycles. The number of likely N-dealkylation sites (tertiary alicyclic amines) is 1. The lowest BCUT2D eigenvalue weighted by Crippen LogP contribution is -2.34. The van der Waals surface area contributed by atoms with Crippen LogP contribution in [0.1, 0.15) is 20.3 Å². The highest BCUT2D eigenvalue weighted by Gasteiger charge is 2.26. The highest BCUT2D eigenvalue weighted by molar-refractivity contribution is 5.78. The van der Waals surface area contributed by atoms with Gasteiger partial charge in [-0.15, -0.1) is 0 Å². The lowest BCUT2D eigenvalue weighted by atomic mass is 9.95. The van der Waals surface area contributed by atoms with Crippen molar-refractivity contribution in [3.05, 3.63) is 0 Å². The van der Waals surface area contributed by atoms with Crippen molar-refractivity contribution in [1.29, 1.82) is 0 Å². The number of hydrogen-bond donors (Lipinski definition) is 1. The van der Waals surface area contributed by atoms with E-state index in [-0.39, 0.29) is 12.5 Å². The van der Waals surface area contributed by atoms with E-state index >= 15 is 0 Å². The number of amides is 1. The van der Waals surface area contributed by atoms with Gasteiger partial charge in [-0.3, -0.25) is 4.79 Å². The maximum absolute atomic E-state index is 11.2. The molecule has 1 atom stereocenters. The Morgan fingerprint density at radius 2 is 2.33 bits per heavy atom. The second-order valence-electron chi connectivity index (χ2n) is 3.84. The van der Waals surface area contributed by atoms with Gasteiger partial charge in [-0.25, -0.2) is 0 Å². The van der Waals surface area contributed by atoms with Gasteiger partial charge in [0.25, 0.3) is 0 Å². The Labute approximate surface area is 73.9 Å². The van der Waals surface area contributed by atoms with Crippen LogP contribution in [-0.4, -0.2) is 30.4 Å². The largest absolute Gasteiger partial charge is 0.341 e. The van der Waals surface area contributed by atoms with Crippen LogP contribution < -0.4 is 5.73 Å². The molecule has 70 valence electrons. The van der Waals surface area contributed by atoms with Crippen LogP contribution in [0.15, 0.2) is 0 Å². The number of nitrogens with zero attached hydrogens (tertiary/aromatic N) is 1. The minimum atomic E-state index is 0.0955. The third-order valence-corrected chi connectivity index (χ3v) is 2.69. The Bertz CT molecular complexity index is 168. The zero-order chi connectivity index (χ0) is 9.14. The second kappa shape index (κ2) is 3.90. The highest BCUT2D eigenvalue weighted by Crippen LogP contribution is 2.23. The summed E-state index contributed by atoms with van der Waals surface area (Å²) < 4.78 is 0. The first kappa shape index (κ1) is 9.52. The first-order valence-corrected chi connectivity index (χ1v) is 4.63. The standard InChI is InChI=1S/C9H18N2O/c1-7(2)8-3-4-11(6-8)9(12)5-10/h7-8H,3-6,10H2,1-2H3/t8-/m1/s1. The van der Waals surface area contributed by atoms with Gasteiger partial charge in [-0.1, -0.05) is 13.8 Å². The van der Waals surface area contributed by atoms with Crippen molar-refractivity contribution in [2.75, 3.05) is 19.6 Å². The quantitative estimate of drug-likeness (QED) is 0.654. The van der Waals surface area contributed by atoms with Crippen molar-refractivity contribution in [2.45, 2.75) is 20.3 Å². The van der Waals surface area contributed by atoms with E-state index in [0.29, 0.717) is 11.8 Å². The topological polar surface area (TPSA) is 46.3 Å². The van der Waals surface area contributed by atoms with Gasteiger partial charge in [0.2, 0.25) is 5.91 Å². The van der Waals surface area contributed by atoms with Gasteiger partial charge in [0.15, 0.2) is 0 Å². The molecule has 2 N–H and O–H groups in total. The third kappa shape index (κ3) is 1.97. The molecule has 0 radical (unpaired) electrons. The van der Waals surface area contributed by atoms with Crippen LogP contribution >= 0.6 is 0 Å². The average molecular weight is 170 g/mol. The summed E-state index contributed by atoms with van der Waals surface area (Å²) in [6, 6.07) is 0. The smallest absolute Gasteiger partial charge is 0.236 e. The molecular weight excluding hydrogens is 152 g/mol. The zero-order valence-corrected chi connectivity index (χ0v) is 7.92. The summed E-state index contributed by atoms with van der Waals surface area (Å²) >= 11 is 0. The molecule has 1 fully saturated rings. The molecule has 12 heavy (non-hydrogen) atoms. The van der Waals surface area contributed by atoms with Crippen molar-refractivity contribution in [3.8, 4) is 0 Å². The number of hydrogen-bond acceptors (Lipinski definition) is 2. The summed E-state index contributed by atoms with van der Waals surface area (Å²) in [5.41, 5.74) is 5.28. The SMILES string of the molecule is CC(C)[C@@H]1CCN(C(=O)CN)C1. The summed E-state index contributed by atoms with van der Waals surface area (Å²) in [6.45, 7) is 6.39. The summed E-state index contributed by atoms with van der Waals surface area (Å²) in [7, 11) is 0. The third-order valence-electron chi connectivity index (χ3n) is 2.69. The maximum Gasteiger partial charge on any atom is 0.236 e. The van der Waals surface area contributed by atoms with E-state index in [1.165, 1.54) is 0 Å². The Morgan fingerprint density at radius 3 is 2.75 bits per heavy atom. The minimum absolute atomic E-state index is 0.0955. The molecule has 0 aromatic heterocycles. The molecule has 0 aliphatic carbocycles. The Morgan fingerprint density at radius 1 is 1.67 bits per heavy atom. The van der Waals surface area contributed by atoms with Crippen LogP contribution in [0, 0.1) is 11.8 Å². The lowest BCUT2D eigenvalue weighted by molar-refractivity contribution is -0.128. The fourth-order valence-electron chi connectivity index (χ4n) is 1.69. The highest BCUT2D eigenvalue weighted by atomic mass is 16.2. The Kier molecular flexibility index (Phi) is 3.09. The average Bonchev–Trinajstić information content (AvgIpc) is 2.51. The molecule has 0 bridgehead atoms. The van der Waals surface area contributed by atoms with E-state index in [0.717, 1.165) is 19.5 Å². The van der Waals surface area contributed by atoms with E-state index in [9.17, 15) is 4.79 Å². The van der Waals surface area contributed by atoms with Crippen LogP contribution in [0.5, 0.6) is 0 Å². The van der Waals surface area contributed by atoms with Gasteiger partial charge in [0.05, 0.1) is 6.54 Å². The molecule has 1 saturated heterocycles. The van der Waals surface area contributed by atoms with Gasteiger partial charge in [0.1, 0.15) is 0 Å². The number of carbonyl (C=O) groups excluding carboxylic acids is 1. The zero-order valence-electron chi connectivity index (χ0n) is 7.92. The predicted octanol–water partition coefficient (Wildman–Crippen LogP) is 0.450. The van der Waals surface area contributed by atoms with Crippen molar-refractivity contribution in [1.82, 2.24) is 4.90 Å². The van der Waals surface area contributed by atoms with E-state index in [4.69, 9.17) is 5.73 Å². The van der Waals surface area contributed by atoms with Crippen molar-refractivity contribution in [2.24, 2.45) is 17.6 Å². The van der Waals surface area contributed by atoms with Crippen molar-refractivity contribution < 1.29 is 4.79 Å². The molecule has 1 aliphatic rings. The second-order valence-corrected chi connectivity index (χ2v) is 3.84. The van der Waals surface area contributed by atoms with Gasteiger partial charge in [-0.05, 0) is 18.3 Å².